The molecular weight excluding hydrogens is 449 g/mol. The maximum atomic E-state index is 13.9. The van der Waals surface area contributed by atoms with Gasteiger partial charge in [0.25, 0.3) is 0 Å². The quantitative estimate of drug-likeness (QED) is 0.206. The van der Waals surface area contributed by atoms with E-state index in [4.69, 9.17) is 18.9 Å². The van der Waals surface area contributed by atoms with Crippen LogP contribution in [0.25, 0.3) is 6.08 Å². The zero-order valence-corrected chi connectivity index (χ0v) is 19.6. The standard InChI is InChI=1S/C28H26FNO5/c1-3-4-15-33-22-12-10-20(11-13-22)27-30-24(28(31)35-27)16-19-9-14-25(26(17-19)32-2)34-18-21-7-5-6-8-23(21)29/h5-14,16-17H,3-4,15,18H2,1-2H3/b24-16-. The van der Waals surface area contributed by atoms with Crippen LogP contribution in [0, 0.1) is 5.82 Å². The maximum Gasteiger partial charge on any atom is 0.363 e. The number of hydrogen-bond donors (Lipinski definition) is 0. The third-order valence-electron chi connectivity index (χ3n) is 5.32. The molecule has 180 valence electrons. The molecule has 0 saturated carbocycles. The topological polar surface area (TPSA) is 66.3 Å². The van der Waals surface area contributed by atoms with Crippen molar-refractivity contribution in [3.05, 3.63) is 94.9 Å². The summed E-state index contributed by atoms with van der Waals surface area (Å²) in [5, 5.41) is 0. The van der Waals surface area contributed by atoms with Gasteiger partial charge in [-0.1, -0.05) is 37.6 Å². The molecule has 0 saturated heterocycles. The van der Waals surface area contributed by atoms with Crippen molar-refractivity contribution in [1.82, 2.24) is 0 Å². The molecule has 1 heterocycles. The lowest BCUT2D eigenvalue weighted by molar-refractivity contribution is -0.129. The lowest BCUT2D eigenvalue weighted by Crippen LogP contribution is -2.05. The number of benzene rings is 3. The molecular formula is C28H26FNO5. The molecule has 4 rings (SSSR count). The summed E-state index contributed by atoms with van der Waals surface area (Å²) in [6.45, 7) is 2.83. The van der Waals surface area contributed by atoms with Crippen molar-refractivity contribution < 1.29 is 28.1 Å². The minimum absolute atomic E-state index is 0.0614. The number of rotatable bonds is 10. The summed E-state index contributed by atoms with van der Waals surface area (Å²) >= 11 is 0. The molecule has 0 amide bonds. The first-order valence-electron chi connectivity index (χ1n) is 11.4. The highest BCUT2D eigenvalue weighted by Crippen LogP contribution is 2.31. The van der Waals surface area contributed by atoms with Gasteiger partial charge in [0.05, 0.1) is 13.7 Å². The van der Waals surface area contributed by atoms with Crippen LogP contribution in [0.3, 0.4) is 0 Å². The van der Waals surface area contributed by atoms with Gasteiger partial charge in [0.15, 0.2) is 17.2 Å². The third kappa shape index (κ3) is 6.06. The number of methoxy groups -OCH3 is 1. The zero-order chi connectivity index (χ0) is 24.6. The van der Waals surface area contributed by atoms with Crippen LogP contribution in [0.2, 0.25) is 0 Å². The normalized spacial score (nSPS) is 14.0. The van der Waals surface area contributed by atoms with Crippen LogP contribution in [0.15, 0.2) is 77.4 Å². The molecule has 0 bridgehead atoms. The lowest BCUT2D eigenvalue weighted by atomic mass is 10.1. The van der Waals surface area contributed by atoms with Gasteiger partial charge in [-0.2, -0.15) is 0 Å². The molecule has 3 aromatic carbocycles. The lowest BCUT2D eigenvalue weighted by Gasteiger charge is -2.12. The Labute approximate surface area is 203 Å². The van der Waals surface area contributed by atoms with Crippen molar-refractivity contribution in [3.63, 3.8) is 0 Å². The van der Waals surface area contributed by atoms with E-state index in [0.717, 1.165) is 18.6 Å². The molecule has 0 fully saturated rings. The first kappa shape index (κ1) is 24.0. The Morgan fingerprint density at radius 2 is 1.80 bits per heavy atom. The number of aliphatic imine (C=N–C) groups is 1. The second kappa shape index (κ2) is 11.3. The van der Waals surface area contributed by atoms with Gasteiger partial charge in [-0.3, -0.25) is 0 Å². The molecule has 0 radical (unpaired) electrons. The monoisotopic (exact) mass is 475 g/mol. The molecule has 0 atom stereocenters. The third-order valence-corrected chi connectivity index (χ3v) is 5.32. The zero-order valence-electron chi connectivity index (χ0n) is 19.6. The number of esters is 1. The summed E-state index contributed by atoms with van der Waals surface area (Å²) in [6, 6.07) is 18.9. The number of cyclic esters (lactones) is 1. The van der Waals surface area contributed by atoms with Crippen LogP contribution in [-0.2, 0) is 16.1 Å². The van der Waals surface area contributed by atoms with Crippen LogP contribution >= 0.6 is 0 Å². The minimum Gasteiger partial charge on any atom is -0.494 e. The van der Waals surface area contributed by atoms with E-state index in [1.807, 2.05) is 12.1 Å². The molecule has 1 aliphatic heterocycles. The van der Waals surface area contributed by atoms with E-state index in [1.54, 1.807) is 54.6 Å². The number of carbonyl (C=O) groups is 1. The Morgan fingerprint density at radius 1 is 1.00 bits per heavy atom. The van der Waals surface area contributed by atoms with Crippen molar-refractivity contribution in [2.24, 2.45) is 4.99 Å². The van der Waals surface area contributed by atoms with Crippen LogP contribution in [-0.4, -0.2) is 25.6 Å². The van der Waals surface area contributed by atoms with E-state index in [9.17, 15) is 9.18 Å². The molecule has 1 aliphatic rings. The second-order valence-electron chi connectivity index (χ2n) is 7.85. The molecule has 3 aromatic rings. The Morgan fingerprint density at radius 3 is 2.54 bits per heavy atom. The van der Waals surface area contributed by atoms with E-state index in [0.29, 0.717) is 34.8 Å². The fourth-order valence-corrected chi connectivity index (χ4v) is 3.38. The summed E-state index contributed by atoms with van der Waals surface area (Å²) in [7, 11) is 1.51. The summed E-state index contributed by atoms with van der Waals surface area (Å²) in [5.41, 5.74) is 1.97. The van der Waals surface area contributed by atoms with Gasteiger partial charge < -0.3 is 18.9 Å². The van der Waals surface area contributed by atoms with E-state index < -0.39 is 5.97 Å². The maximum absolute atomic E-state index is 13.9. The van der Waals surface area contributed by atoms with Crippen LogP contribution in [0.5, 0.6) is 17.2 Å². The van der Waals surface area contributed by atoms with Gasteiger partial charge in [0, 0.05) is 11.1 Å². The Balaban J connectivity index is 1.47. The van der Waals surface area contributed by atoms with Gasteiger partial charge in [0.2, 0.25) is 5.90 Å². The highest BCUT2D eigenvalue weighted by Gasteiger charge is 2.24. The van der Waals surface area contributed by atoms with E-state index >= 15 is 0 Å². The van der Waals surface area contributed by atoms with Gasteiger partial charge in [-0.15, -0.1) is 0 Å². The highest BCUT2D eigenvalue weighted by atomic mass is 19.1. The van der Waals surface area contributed by atoms with E-state index in [1.165, 1.54) is 13.2 Å². The number of unbranched alkanes of at least 4 members (excludes halogenated alkanes) is 1. The molecule has 0 spiro atoms. The fourth-order valence-electron chi connectivity index (χ4n) is 3.38. The van der Waals surface area contributed by atoms with Crippen LogP contribution < -0.4 is 14.2 Å². The molecule has 35 heavy (non-hydrogen) atoms. The number of hydrogen-bond acceptors (Lipinski definition) is 6. The Bertz CT molecular complexity index is 1250. The predicted octanol–water partition coefficient (Wildman–Crippen LogP) is 5.94. The van der Waals surface area contributed by atoms with E-state index in [2.05, 4.69) is 11.9 Å². The number of halogens is 1. The van der Waals surface area contributed by atoms with Gasteiger partial charge >= 0.3 is 5.97 Å². The average Bonchev–Trinajstić information content (AvgIpc) is 3.24. The number of carbonyl (C=O) groups excluding carboxylic acids is 1. The first-order chi connectivity index (χ1) is 17.1. The average molecular weight is 476 g/mol. The molecule has 0 unspecified atom stereocenters. The Kier molecular flexibility index (Phi) is 7.77. The summed E-state index contributed by atoms with van der Waals surface area (Å²) in [5.74, 6) is 1.02. The molecule has 0 N–H and O–H groups in total. The van der Waals surface area contributed by atoms with Crippen molar-refractivity contribution >= 4 is 17.9 Å². The van der Waals surface area contributed by atoms with Crippen molar-refractivity contribution in [3.8, 4) is 17.2 Å². The summed E-state index contributed by atoms with van der Waals surface area (Å²) in [4.78, 5) is 16.7. The fraction of sp³-hybridized carbons (Fsp3) is 0.214. The van der Waals surface area contributed by atoms with Gasteiger partial charge in [0.1, 0.15) is 18.2 Å². The molecule has 6 nitrogen and oxygen atoms in total. The SMILES string of the molecule is CCCCOc1ccc(C2=N/C(=C\c3ccc(OCc4ccccc4F)c(OC)c3)C(=O)O2)cc1. The predicted molar refractivity (Wildman–Crippen MR) is 131 cm³/mol. The van der Waals surface area contributed by atoms with Gasteiger partial charge in [-0.25, -0.2) is 14.2 Å². The molecule has 7 heteroatoms. The van der Waals surface area contributed by atoms with Crippen LogP contribution in [0.1, 0.15) is 36.5 Å². The van der Waals surface area contributed by atoms with Crippen molar-refractivity contribution in [2.45, 2.75) is 26.4 Å². The number of ether oxygens (including phenoxy) is 4. The van der Waals surface area contributed by atoms with Crippen molar-refractivity contribution in [1.29, 1.82) is 0 Å². The van der Waals surface area contributed by atoms with E-state index in [-0.39, 0.29) is 24.0 Å². The number of nitrogens with zero attached hydrogens (tertiary/aromatic N) is 1. The largest absolute Gasteiger partial charge is 0.494 e. The molecule has 0 aromatic heterocycles. The minimum atomic E-state index is -0.540. The van der Waals surface area contributed by atoms with Gasteiger partial charge in [-0.05, 0) is 60.5 Å². The smallest absolute Gasteiger partial charge is 0.363 e. The van der Waals surface area contributed by atoms with Crippen LogP contribution in [0.4, 0.5) is 4.39 Å². The molecule has 0 aliphatic carbocycles. The van der Waals surface area contributed by atoms with Crippen molar-refractivity contribution in [2.75, 3.05) is 13.7 Å². The second-order valence-corrected chi connectivity index (χ2v) is 7.85. The Hall–Kier alpha value is -4.13. The highest BCUT2D eigenvalue weighted by molar-refractivity contribution is 6.12. The summed E-state index contributed by atoms with van der Waals surface area (Å²) in [6.07, 6.45) is 3.67. The summed E-state index contributed by atoms with van der Waals surface area (Å²) < 4.78 is 36.0. The first-order valence-corrected chi connectivity index (χ1v) is 11.4.